The smallest absolute Gasteiger partial charge is 0.228 e. The molecule has 0 unspecified atom stereocenters. The molecule has 1 saturated heterocycles. The summed E-state index contributed by atoms with van der Waals surface area (Å²) in [5, 5.41) is 9.09. The summed E-state index contributed by atoms with van der Waals surface area (Å²) in [7, 11) is 0. The van der Waals surface area contributed by atoms with Crippen molar-refractivity contribution in [2.24, 2.45) is 0 Å². The Morgan fingerprint density at radius 1 is 1.17 bits per heavy atom. The molecular formula is C17H24N4O3. The van der Waals surface area contributed by atoms with Gasteiger partial charge in [0, 0.05) is 38.4 Å². The minimum absolute atomic E-state index is 0.0543. The largest absolute Gasteiger partial charge is 0.478 e. The summed E-state index contributed by atoms with van der Waals surface area (Å²) < 4.78 is 11.0. The SMILES string of the molecule is CCOc1ccnc(N2CCCN(Cc3ccc(CO)o3)CC2)n1. The highest BCUT2D eigenvalue weighted by atomic mass is 16.5. The van der Waals surface area contributed by atoms with E-state index in [-0.39, 0.29) is 6.61 Å². The van der Waals surface area contributed by atoms with Crippen molar-refractivity contribution < 1.29 is 14.3 Å². The Morgan fingerprint density at radius 2 is 2.04 bits per heavy atom. The maximum atomic E-state index is 9.09. The Kier molecular flexibility index (Phi) is 5.66. The van der Waals surface area contributed by atoms with Gasteiger partial charge in [-0.1, -0.05) is 0 Å². The molecule has 0 aliphatic carbocycles. The van der Waals surface area contributed by atoms with Crippen LogP contribution in [0.15, 0.2) is 28.8 Å². The van der Waals surface area contributed by atoms with E-state index in [1.165, 1.54) is 0 Å². The molecule has 0 saturated carbocycles. The molecule has 0 aromatic carbocycles. The lowest BCUT2D eigenvalue weighted by atomic mass is 10.3. The van der Waals surface area contributed by atoms with Crippen LogP contribution >= 0.6 is 0 Å². The average molecular weight is 332 g/mol. The summed E-state index contributed by atoms with van der Waals surface area (Å²) in [5.41, 5.74) is 0. The maximum absolute atomic E-state index is 9.09. The zero-order valence-corrected chi connectivity index (χ0v) is 14.0. The molecule has 7 heteroatoms. The van der Waals surface area contributed by atoms with Crippen LogP contribution in [0.3, 0.4) is 0 Å². The fourth-order valence-electron chi connectivity index (χ4n) is 2.85. The Hall–Kier alpha value is -2.12. The lowest BCUT2D eigenvalue weighted by Crippen LogP contribution is -2.31. The van der Waals surface area contributed by atoms with Gasteiger partial charge in [0.1, 0.15) is 18.1 Å². The molecule has 3 heterocycles. The molecule has 24 heavy (non-hydrogen) atoms. The van der Waals surface area contributed by atoms with E-state index in [2.05, 4.69) is 19.8 Å². The maximum Gasteiger partial charge on any atom is 0.228 e. The molecule has 2 aromatic rings. The number of aliphatic hydroxyl groups excluding tert-OH is 1. The molecule has 1 fully saturated rings. The Bertz CT molecular complexity index is 646. The first-order chi connectivity index (χ1) is 11.8. The summed E-state index contributed by atoms with van der Waals surface area (Å²) in [4.78, 5) is 13.4. The van der Waals surface area contributed by atoms with Crippen LogP contribution in [-0.2, 0) is 13.2 Å². The van der Waals surface area contributed by atoms with Crippen LogP contribution in [0.5, 0.6) is 5.88 Å². The van der Waals surface area contributed by atoms with Crippen molar-refractivity contribution in [1.82, 2.24) is 14.9 Å². The van der Waals surface area contributed by atoms with Crippen LogP contribution < -0.4 is 9.64 Å². The normalized spacial score (nSPS) is 16.2. The van der Waals surface area contributed by atoms with Crippen LogP contribution in [0.4, 0.5) is 5.95 Å². The predicted octanol–water partition coefficient (Wildman–Crippen LogP) is 1.67. The quantitative estimate of drug-likeness (QED) is 0.862. The molecule has 1 aliphatic heterocycles. The second-order valence-corrected chi connectivity index (χ2v) is 5.77. The standard InChI is InChI=1S/C17H24N4O3/c1-2-23-16-6-7-18-17(19-16)21-9-3-8-20(10-11-21)12-14-4-5-15(13-22)24-14/h4-7,22H,2-3,8-13H2,1H3. The highest BCUT2D eigenvalue weighted by Gasteiger charge is 2.18. The van der Waals surface area contributed by atoms with Gasteiger partial charge in [-0.15, -0.1) is 0 Å². The van der Waals surface area contributed by atoms with Crippen LogP contribution in [0.25, 0.3) is 0 Å². The molecule has 2 aromatic heterocycles. The van der Waals surface area contributed by atoms with Crippen LogP contribution in [0.1, 0.15) is 24.9 Å². The molecule has 0 atom stereocenters. The van der Waals surface area contributed by atoms with Gasteiger partial charge in [-0.3, -0.25) is 4.90 Å². The topological polar surface area (TPSA) is 74.9 Å². The van der Waals surface area contributed by atoms with Gasteiger partial charge in [-0.25, -0.2) is 4.98 Å². The molecule has 0 amide bonds. The third-order valence-electron chi connectivity index (χ3n) is 4.03. The van der Waals surface area contributed by atoms with E-state index in [9.17, 15) is 0 Å². The fourth-order valence-corrected chi connectivity index (χ4v) is 2.85. The summed E-state index contributed by atoms with van der Waals surface area (Å²) >= 11 is 0. The van der Waals surface area contributed by atoms with E-state index < -0.39 is 0 Å². The van der Waals surface area contributed by atoms with Crippen molar-refractivity contribution in [2.75, 3.05) is 37.7 Å². The predicted molar refractivity (Wildman–Crippen MR) is 89.9 cm³/mol. The van der Waals surface area contributed by atoms with Gasteiger partial charge in [0.25, 0.3) is 0 Å². The van der Waals surface area contributed by atoms with Gasteiger partial charge in [-0.05, 0) is 25.5 Å². The second-order valence-electron chi connectivity index (χ2n) is 5.77. The molecule has 0 bridgehead atoms. The van der Waals surface area contributed by atoms with E-state index in [0.29, 0.717) is 18.2 Å². The van der Waals surface area contributed by atoms with Crippen molar-refractivity contribution in [3.05, 3.63) is 35.9 Å². The summed E-state index contributed by atoms with van der Waals surface area (Å²) in [5.74, 6) is 2.85. The summed E-state index contributed by atoms with van der Waals surface area (Å²) in [6.07, 6.45) is 2.78. The lowest BCUT2D eigenvalue weighted by Gasteiger charge is -2.21. The van der Waals surface area contributed by atoms with Crippen molar-refractivity contribution in [2.45, 2.75) is 26.5 Å². The summed E-state index contributed by atoms with van der Waals surface area (Å²) in [6.45, 7) is 6.95. The van der Waals surface area contributed by atoms with Crippen molar-refractivity contribution in [1.29, 1.82) is 0 Å². The number of aliphatic hydroxyl groups is 1. The molecule has 3 rings (SSSR count). The van der Waals surface area contributed by atoms with E-state index in [0.717, 1.165) is 50.9 Å². The Balaban J connectivity index is 1.59. The first kappa shape index (κ1) is 16.7. The molecule has 0 radical (unpaired) electrons. The van der Waals surface area contributed by atoms with Gasteiger partial charge in [-0.2, -0.15) is 4.98 Å². The first-order valence-corrected chi connectivity index (χ1v) is 8.40. The van der Waals surface area contributed by atoms with Crippen LogP contribution in [-0.4, -0.2) is 52.8 Å². The first-order valence-electron chi connectivity index (χ1n) is 8.40. The minimum atomic E-state index is -0.0543. The molecule has 130 valence electrons. The Labute approximate surface area is 141 Å². The van der Waals surface area contributed by atoms with Crippen molar-refractivity contribution in [3.63, 3.8) is 0 Å². The zero-order valence-electron chi connectivity index (χ0n) is 14.0. The van der Waals surface area contributed by atoms with Gasteiger partial charge < -0.3 is 19.2 Å². The fraction of sp³-hybridized carbons (Fsp3) is 0.529. The number of ether oxygens (including phenoxy) is 1. The van der Waals surface area contributed by atoms with E-state index >= 15 is 0 Å². The lowest BCUT2D eigenvalue weighted by molar-refractivity contribution is 0.224. The van der Waals surface area contributed by atoms with Crippen molar-refractivity contribution in [3.8, 4) is 5.88 Å². The number of nitrogens with zero attached hydrogens (tertiary/aromatic N) is 4. The number of hydrogen-bond acceptors (Lipinski definition) is 7. The molecule has 0 spiro atoms. The van der Waals surface area contributed by atoms with E-state index in [4.69, 9.17) is 14.3 Å². The highest BCUT2D eigenvalue weighted by molar-refractivity contribution is 5.32. The average Bonchev–Trinajstić information content (AvgIpc) is 2.92. The molecule has 1 aliphatic rings. The second kappa shape index (κ2) is 8.12. The molecule has 7 nitrogen and oxygen atoms in total. The Morgan fingerprint density at radius 3 is 2.83 bits per heavy atom. The minimum Gasteiger partial charge on any atom is -0.478 e. The van der Waals surface area contributed by atoms with Crippen LogP contribution in [0.2, 0.25) is 0 Å². The van der Waals surface area contributed by atoms with E-state index in [1.807, 2.05) is 19.1 Å². The van der Waals surface area contributed by atoms with Gasteiger partial charge in [0.15, 0.2) is 0 Å². The number of hydrogen-bond donors (Lipinski definition) is 1. The molecular weight excluding hydrogens is 308 g/mol. The van der Waals surface area contributed by atoms with Crippen molar-refractivity contribution >= 4 is 5.95 Å². The van der Waals surface area contributed by atoms with Gasteiger partial charge in [0.2, 0.25) is 11.8 Å². The third kappa shape index (κ3) is 4.24. The highest BCUT2D eigenvalue weighted by Crippen LogP contribution is 2.17. The summed E-state index contributed by atoms with van der Waals surface area (Å²) in [6, 6.07) is 5.54. The third-order valence-corrected chi connectivity index (χ3v) is 4.03. The monoisotopic (exact) mass is 332 g/mol. The number of furan rings is 1. The van der Waals surface area contributed by atoms with E-state index in [1.54, 1.807) is 12.3 Å². The number of anilines is 1. The van der Waals surface area contributed by atoms with Gasteiger partial charge >= 0.3 is 0 Å². The molecule has 1 N–H and O–H groups in total. The number of aromatic nitrogens is 2. The van der Waals surface area contributed by atoms with Crippen LogP contribution in [0, 0.1) is 0 Å². The number of rotatable bonds is 6. The van der Waals surface area contributed by atoms with Gasteiger partial charge in [0.05, 0.1) is 13.2 Å². The zero-order chi connectivity index (χ0) is 16.8.